The number of hydrogen-bond acceptors (Lipinski definition) is 2. The van der Waals surface area contributed by atoms with Gasteiger partial charge < -0.3 is 5.73 Å². The lowest BCUT2D eigenvalue weighted by atomic mass is 9.82. The maximum absolute atomic E-state index is 11.2. The van der Waals surface area contributed by atoms with Crippen LogP contribution in [0.2, 0.25) is 0 Å². The van der Waals surface area contributed by atoms with Crippen LogP contribution in [0, 0.1) is 5.92 Å². The van der Waals surface area contributed by atoms with Gasteiger partial charge in [-0.05, 0) is 45.1 Å². The molecule has 2 rings (SSSR count). The van der Waals surface area contributed by atoms with Crippen molar-refractivity contribution in [1.82, 2.24) is 4.90 Å². The number of likely N-dealkylation sites (tertiary alicyclic amines) is 1. The Morgan fingerprint density at radius 1 is 1.17 bits per heavy atom. The number of hydrogen-bond donors (Lipinski definition) is 1. The highest BCUT2D eigenvalue weighted by Crippen LogP contribution is 2.32. The highest BCUT2D eigenvalue weighted by molar-refractivity contribution is 5.74. The summed E-state index contributed by atoms with van der Waals surface area (Å²) in [6, 6.07) is 1.04. The normalized spacial score (nSPS) is 29.1. The summed E-state index contributed by atoms with van der Waals surface area (Å²) in [6.45, 7) is 3.53. The van der Waals surface area contributed by atoms with E-state index in [1.807, 2.05) is 0 Å². The highest BCUT2D eigenvalue weighted by atomic mass is 16.1. The molecule has 0 aromatic carbocycles. The first-order chi connectivity index (χ1) is 8.68. The van der Waals surface area contributed by atoms with Gasteiger partial charge in [-0.1, -0.05) is 25.7 Å². The van der Waals surface area contributed by atoms with Gasteiger partial charge in [-0.3, -0.25) is 9.69 Å². The second-order valence-corrected chi connectivity index (χ2v) is 6.20. The fourth-order valence-electron chi connectivity index (χ4n) is 3.90. The van der Waals surface area contributed by atoms with Crippen LogP contribution in [-0.2, 0) is 4.79 Å². The van der Waals surface area contributed by atoms with Gasteiger partial charge in [-0.25, -0.2) is 0 Å². The molecule has 2 atom stereocenters. The lowest BCUT2D eigenvalue weighted by molar-refractivity contribution is -0.120. The molecule has 2 aliphatic rings. The molecule has 3 heteroatoms. The van der Waals surface area contributed by atoms with E-state index in [1.54, 1.807) is 0 Å². The average Bonchev–Trinajstić information content (AvgIpc) is 2.39. The first-order valence-corrected chi connectivity index (χ1v) is 7.72. The van der Waals surface area contributed by atoms with Crippen molar-refractivity contribution in [2.24, 2.45) is 11.7 Å². The van der Waals surface area contributed by atoms with Crippen molar-refractivity contribution < 1.29 is 4.79 Å². The van der Waals surface area contributed by atoms with E-state index in [4.69, 9.17) is 5.73 Å². The molecule has 0 radical (unpaired) electrons. The maximum Gasteiger partial charge on any atom is 0.218 e. The van der Waals surface area contributed by atoms with Gasteiger partial charge in [0.1, 0.15) is 0 Å². The summed E-state index contributed by atoms with van der Waals surface area (Å²) in [7, 11) is 0. The molecule has 104 valence electrons. The first-order valence-electron chi connectivity index (χ1n) is 7.72. The third-order valence-corrected chi connectivity index (χ3v) is 4.96. The van der Waals surface area contributed by atoms with E-state index >= 15 is 0 Å². The largest absolute Gasteiger partial charge is 0.370 e. The third kappa shape index (κ3) is 3.47. The Morgan fingerprint density at radius 2 is 1.83 bits per heavy atom. The van der Waals surface area contributed by atoms with Gasteiger partial charge in [0.25, 0.3) is 0 Å². The molecule has 1 saturated heterocycles. The fourth-order valence-corrected chi connectivity index (χ4v) is 3.90. The highest BCUT2D eigenvalue weighted by Gasteiger charge is 2.32. The van der Waals surface area contributed by atoms with E-state index in [1.165, 1.54) is 44.9 Å². The second-order valence-electron chi connectivity index (χ2n) is 6.20. The summed E-state index contributed by atoms with van der Waals surface area (Å²) in [5.41, 5.74) is 5.40. The Kier molecular flexibility index (Phi) is 5.04. The molecule has 18 heavy (non-hydrogen) atoms. The van der Waals surface area contributed by atoms with E-state index < -0.39 is 0 Å². The Morgan fingerprint density at radius 3 is 2.50 bits per heavy atom. The van der Waals surface area contributed by atoms with Crippen LogP contribution in [0.25, 0.3) is 0 Å². The van der Waals surface area contributed by atoms with Gasteiger partial charge in [-0.2, -0.15) is 0 Å². The van der Waals surface area contributed by atoms with Crippen LogP contribution in [-0.4, -0.2) is 29.4 Å². The molecular weight excluding hydrogens is 224 g/mol. The molecule has 2 fully saturated rings. The minimum atomic E-state index is -0.136. The number of rotatable bonds is 4. The number of nitrogens with zero attached hydrogens (tertiary/aromatic N) is 1. The Balaban J connectivity index is 1.95. The Labute approximate surface area is 111 Å². The SMILES string of the molecule is CC(C1CCCCC1)N1CCCCC1CC(N)=O. The van der Waals surface area contributed by atoms with Gasteiger partial charge in [0, 0.05) is 18.5 Å². The average molecular weight is 252 g/mol. The van der Waals surface area contributed by atoms with Gasteiger partial charge in [-0.15, -0.1) is 0 Å². The van der Waals surface area contributed by atoms with Crippen molar-refractivity contribution in [3.63, 3.8) is 0 Å². The van der Waals surface area contributed by atoms with Crippen molar-refractivity contribution in [3.8, 4) is 0 Å². The summed E-state index contributed by atoms with van der Waals surface area (Å²) < 4.78 is 0. The van der Waals surface area contributed by atoms with Crippen molar-refractivity contribution in [1.29, 1.82) is 0 Å². The van der Waals surface area contributed by atoms with E-state index in [0.717, 1.165) is 18.9 Å². The molecule has 2 N–H and O–H groups in total. The van der Waals surface area contributed by atoms with Crippen LogP contribution in [0.15, 0.2) is 0 Å². The molecule has 0 spiro atoms. The minimum Gasteiger partial charge on any atom is -0.370 e. The molecule has 0 aromatic rings. The van der Waals surface area contributed by atoms with Crippen LogP contribution in [0.1, 0.15) is 64.7 Å². The van der Waals surface area contributed by atoms with Crippen molar-refractivity contribution >= 4 is 5.91 Å². The number of carbonyl (C=O) groups excluding carboxylic acids is 1. The van der Waals surface area contributed by atoms with Crippen LogP contribution in [0.5, 0.6) is 0 Å². The standard InChI is InChI=1S/C15H28N2O/c1-12(13-7-3-2-4-8-13)17-10-6-5-9-14(17)11-15(16)18/h12-14H,2-11H2,1H3,(H2,16,18). The van der Waals surface area contributed by atoms with Gasteiger partial charge in [0.15, 0.2) is 0 Å². The number of amides is 1. The Hall–Kier alpha value is -0.570. The summed E-state index contributed by atoms with van der Waals surface area (Å²) >= 11 is 0. The molecule has 0 bridgehead atoms. The van der Waals surface area contributed by atoms with E-state index in [0.29, 0.717) is 18.5 Å². The predicted molar refractivity (Wildman–Crippen MR) is 74.2 cm³/mol. The van der Waals surface area contributed by atoms with E-state index in [-0.39, 0.29) is 5.91 Å². The molecule has 1 saturated carbocycles. The number of carbonyl (C=O) groups is 1. The molecule has 1 aliphatic carbocycles. The zero-order valence-electron chi connectivity index (χ0n) is 11.7. The molecule has 1 amide bonds. The molecular formula is C15H28N2O. The number of primary amides is 1. The molecule has 1 aliphatic heterocycles. The van der Waals surface area contributed by atoms with Crippen LogP contribution in [0.4, 0.5) is 0 Å². The topological polar surface area (TPSA) is 46.3 Å². The monoisotopic (exact) mass is 252 g/mol. The quantitative estimate of drug-likeness (QED) is 0.836. The lowest BCUT2D eigenvalue weighted by Crippen LogP contribution is -2.49. The van der Waals surface area contributed by atoms with Crippen LogP contribution < -0.4 is 5.73 Å². The van der Waals surface area contributed by atoms with Gasteiger partial charge in [0.05, 0.1) is 0 Å². The zero-order chi connectivity index (χ0) is 13.0. The van der Waals surface area contributed by atoms with Crippen molar-refractivity contribution in [2.45, 2.75) is 76.8 Å². The summed E-state index contributed by atoms with van der Waals surface area (Å²) in [4.78, 5) is 13.8. The maximum atomic E-state index is 11.2. The lowest BCUT2D eigenvalue weighted by Gasteiger charge is -2.43. The number of piperidine rings is 1. The summed E-state index contributed by atoms with van der Waals surface area (Å²) in [6.07, 6.45) is 11.2. The molecule has 0 aromatic heterocycles. The first kappa shape index (κ1) is 13.9. The zero-order valence-corrected chi connectivity index (χ0v) is 11.7. The van der Waals surface area contributed by atoms with E-state index in [2.05, 4.69) is 11.8 Å². The summed E-state index contributed by atoms with van der Waals surface area (Å²) in [5.74, 6) is 0.704. The van der Waals surface area contributed by atoms with Crippen LogP contribution in [0.3, 0.4) is 0 Å². The molecule has 3 nitrogen and oxygen atoms in total. The molecule has 2 unspecified atom stereocenters. The van der Waals surface area contributed by atoms with Crippen molar-refractivity contribution in [2.75, 3.05) is 6.54 Å². The third-order valence-electron chi connectivity index (χ3n) is 4.96. The second kappa shape index (κ2) is 6.55. The van der Waals surface area contributed by atoms with Crippen LogP contribution >= 0.6 is 0 Å². The predicted octanol–water partition coefficient (Wildman–Crippen LogP) is 2.69. The van der Waals surface area contributed by atoms with E-state index in [9.17, 15) is 4.79 Å². The fraction of sp³-hybridized carbons (Fsp3) is 0.933. The molecule has 1 heterocycles. The smallest absolute Gasteiger partial charge is 0.218 e. The van der Waals surface area contributed by atoms with Gasteiger partial charge in [0.2, 0.25) is 5.91 Å². The Bertz CT molecular complexity index is 274. The minimum absolute atomic E-state index is 0.136. The van der Waals surface area contributed by atoms with Crippen molar-refractivity contribution in [3.05, 3.63) is 0 Å². The van der Waals surface area contributed by atoms with Gasteiger partial charge >= 0.3 is 0 Å². The summed E-state index contributed by atoms with van der Waals surface area (Å²) in [5, 5.41) is 0. The number of nitrogens with two attached hydrogens (primary N) is 1.